The van der Waals surface area contributed by atoms with Crippen LogP contribution >= 0.6 is 0 Å². The highest BCUT2D eigenvalue weighted by Gasteiger charge is 2.29. The summed E-state index contributed by atoms with van der Waals surface area (Å²) in [7, 11) is 0. The molecule has 0 radical (unpaired) electrons. The molecule has 0 aliphatic carbocycles. The fourth-order valence-corrected chi connectivity index (χ4v) is 1.84. The van der Waals surface area contributed by atoms with Crippen LogP contribution in [-0.2, 0) is 0 Å². The van der Waals surface area contributed by atoms with E-state index in [1.54, 1.807) is 0 Å². The van der Waals surface area contributed by atoms with Gasteiger partial charge in [0.25, 0.3) is 0 Å². The number of urea groups is 1. The van der Waals surface area contributed by atoms with Crippen molar-refractivity contribution < 1.29 is 4.79 Å². The summed E-state index contributed by atoms with van der Waals surface area (Å²) in [5.74, 6) is 0.655. The van der Waals surface area contributed by atoms with Gasteiger partial charge in [0.05, 0.1) is 0 Å². The van der Waals surface area contributed by atoms with Gasteiger partial charge in [0.2, 0.25) is 0 Å². The number of hydrogen-bond donors (Lipinski definition) is 1. The second kappa shape index (κ2) is 3.78. The number of hydrogen-bond acceptors (Lipinski definition) is 1. The lowest BCUT2D eigenvalue weighted by Gasteiger charge is -2.21. The molecule has 0 aromatic rings. The molecule has 2 atom stereocenters. The average Bonchev–Trinajstić information content (AvgIpc) is 2.30. The van der Waals surface area contributed by atoms with E-state index in [1.165, 1.54) is 0 Å². The van der Waals surface area contributed by atoms with Crippen LogP contribution in [0.3, 0.4) is 0 Å². The summed E-state index contributed by atoms with van der Waals surface area (Å²) >= 11 is 0. The number of amides is 2. The Bertz CT molecular complexity index is 170. The Morgan fingerprint density at radius 2 is 2.25 bits per heavy atom. The average molecular weight is 170 g/mol. The first kappa shape index (κ1) is 9.36. The van der Waals surface area contributed by atoms with Crippen LogP contribution in [0.1, 0.15) is 27.2 Å². The van der Waals surface area contributed by atoms with E-state index in [0.717, 1.165) is 19.5 Å². The third-order valence-corrected chi connectivity index (χ3v) is 2.37. The van der Waals surface area contributed by atoms with Crippen molar-refractivity contribution in [1.29, 1.82) is 0 Å². The highest BCUT2D eigenvalue weighted by atomic mass is 16.2. The predicted molar refractivity (Wildman–Crippen MR) is 49.0 cm³/mol. The molecule has 1 aliphatic heterocycles. The molecule has 1 rings (SSSR count). The molecule has 1 saturated heterocycles. The maximum atomic E-state index is 11.4. The normalized spacial score (nSPS) is 29.1. The van der Waals surface area contributed by atoms with Crippen molar-refractivity contribution in [2.24, 2.45) is 5.92 Å². The molecule has 0 bridgehead atoms. The Labute approximate surface area is 74.1 Å². The minimum Gasteiger partial charge on any atom is -0.338 e. The molecular weight excluding hydrogens is 152 g/mol. The molecule has 70 valence electrons. The molecule has 1 heterocycles. The molecule has 0 aromatic heterocycles. The second-order valence-electron chi connectivity index (χ2n) is 3.68. The number of nitrogens with one attached hydrogen (secondary N) is 1. The Hall–Kier alpha value is -0.730. The van der Waals surface area contributed by atoms with E-state index in [4.69, 9.17) is 0 Å². The lowest BCUT2D eigenvalue weighted by molar-refractivity contribution is 0.196. The molecule has 12 heavy (non-hydrogen) atoms. The lowest BCUT2D eigenvalue weighted by atomic mass is 10.1. The van der Waals surface area contributed by atoms with Gasteiger partial charge < -0.3 is 10.2 Å². The van der Waals surface area contributed by atoms with E-state index in [9.17, 15) is 4.79 Å². The van der Waals surface area contributed by atoms with Crippen LogP contribution < -0.4 is 5.32 Å². The third-order valence-electron chi connectivity index (χ3n) is 2.37. The zero-order valence-corrected chi connectivity index (χ0v) is 8.13. The third kappa shape index (κ3) is 1.90. The van der Waals surface area contributed by atoms with Crippen molar-refractivity contribution in [3.8, 4) is 0 Å². The van der Waals surface area contributed by atoms with E-state index >= 15 is 0 Å². The van der Waals surface area contributed by atoms with E-state index in [2.05, 4.69) is 19.2 Å². The first-order valence-corrected chi connectivity index (χ1v) is 4.69. The molecule has 2 unspecified atom stereocenters. The number of rotatable bonds is 1. The van der Waals surface area contributed by atoms with Crippen molar-refractivity contribution in [1.82, 2.24) is 10.2 Å². The van der Waals surface area contributed by atoms with Crippen molar-refractivity contribution in [2.75, 3.05) is 13.1 Å². The van der Waals surface area contributed by atoms with Gasteiger partial charge in [-0.05, 0) is 26.2 Å². The maximum absolute atomic E-state index is 11.4. The summed E-state index contributed by atoms with van der Waals surface area (Å²) in [5.41, 5.74) is 0. The largest absolute Gasteiger partial charge is 0.338 e. The minimum atomic E-state index is 0.0920. The maximum Gasteiger partial charge on any atom is 0.317 e. The Balaban J connectivity index is 2.46. The van der Waals surface area contributed by atoms with Crippen LogP contribution in [0.4, 0.5) is 4.79 Å². The van der Waals surface area contributed by atoms with E-state index in [1.807, 2.05) is 11.8 Å². The molecule has 2 amide bonds. The summed E-state index contributed by atoms with van der Waals surface area (Å²) < 4.78 is 0. The molecule has 1 N–H and O–H groups in total. The zero-order valence-electron chi connectivity index (χ0n) is 8.13. The van der Waals surface area contributed by atoms with Gasteiger partial charge in [-0.15, -0.1) is 0 Å². The van der Waals surface area contributed by atoms with Crippen LogP contribution in [0.25, 0.3) is 0 Å². The number of carbonyl (C=O) groups is 1. The van der Waals surface area contributed by atoms with Crippen molar-refractivity contribution >= 4 is 6.03 Å². The van der Waals surface area contributed by atoms with Gasteiger partial charge in [-0.2, -0.15) is 0 Å². The molecule has 1 fully saturated rings. The molecular formula is C9H18N2O. The van der Waals surface area contributed by atoms with E-state index in [-0.39, 0.29) is 6.03 Å². The second-order valence-corrected chi connectivity index (χ2v) is 3.68. The summed E-state index contributed by atoms with van der Waals surface area (Å²) in [4.78, 5) is 13.3. The highest BCUT2D eigenvalue weighted by Crippen LogP contribution is 2.21. The van der Waals surface area contributed by atoms with Gasteiger partial charge in [-0.3, -0.25) is 0 Å². The van der Waals surface area contributed by atoms with E-state index in [0.29, 0.717) is 12.0 Å². The van der Waals surface area contributed by atoms with Crippen molar-refractivity contribution in [2.45, 2.75) is 33.2 Å². The number of likely N-dealkylation sites (tertiary alicyclic amines) is 1. The summed E-state index contributed by atoms with van der Waals surface area (Å²) in [6.07, 6.45) is 1.14. The molecule has 3 heteroatoms. The Morgan fingerprint density at radius 3 is 2.67 bits per heavy atom. The number of nitrogens with zero attached hydrogens (tertiary/aromatic N) is 1. The van der Waals surface area contributed by atoms with Crippen LogP contribution in [0.15, 0.2) is 0 Å². The van der Waals surface area contributed by atoms with Crippen molar-refractivity contribution in [3.05, 3.63) is 0 Å². The van der Waals surface area contributed by atoms with Gasteiger partial charge in [0.1, 0.15) is 0 Å². The highest BCUT2D eigenvalue weighted by molar-refractivity contribution is 5.74. The molecule has 1 aliphatic rings. The van der Waals surface area contributed by atoms with Gasteiger partial charge in [0.15, 0.2) is 0 Å². The smallest absolute Gasteiger partial charge is 0.317 e. The molecule has 3 nitrogen and oxygen atoms in total. The molecule has 0 spiro atoms. The van der Waals surface area contributed by atoms with Crippen LogP contribution in [0.5, 0.6) is 0 Å². The monoisotopic (exact) mass is 170 g/mol. The van der Waals surface area contributed by atoms with Gasteiger partial charge >= 0.3 is 6.03 Å². The Morgan fingerprint density at radius 1 is 1.58 bits per heavy atom. The first-order valence-electron chi connectivity index (χ1n) is 4.69. The van der Waals surface area contributed by atoms with Gasteiger partial charge in [0, 0.05) is 19.1 Å². The Kier molecular flexibility index (Phi) is 2.95. The predicted octanol–water partition coefficient (Wildman–Crippen LogP) is 1.45. The van der Waals surface area contributed by atoms with Crippen LogP contribution in [0, 0.1) is 5.92 Å². The van der Waals surface area contributed by atoms with Crippen molar-refractivity contribution in [3.63, 3.8) is 0 Å². The fraction of sp³-hybridized carbons (Fsp3) is 0.889. The standard InChI is InChI=1S/C9H18N2O/c1-4-10-9(12)11-6-7(2)5-8(11)3/h7-8H,4-6H2,1-3H3,(H,10,12). The minimum absolute atomic E-state index is 0.0920. The lowest BCUT2D eigenvalue weighted by Crippen LogP contribution is -2.41. The van der Waals surface area contributed by atoms with Crippen LogP contribution in [0.2, 0.25) is 0 Å². The fourth-order valence-electron chi connectivity index (χ4n) is 1.84. The topological polar surface area (TPSA) is 32.3 Å². The van der Waals surface area contributed by atoms with Crippen LogP contribution in [-0.4, -0.2) is 30.1 Å². The first-order chi connectivity index (χ1) is 5.65. The zero-order chi connectivity index (χ0) is 9.14. The van der Waals surface area contributed by atoms with E-state index < -0.39 is 0 Å². The summed E-state index contributed by atoms with van der Waals surface area (Å²) in [6, 6.07) is 0.501. The SMILES string of the molecule is CCNC(=O)N1CC(C)CC1C. The number of carbonyl (C=O) groups excluding carboxylic acids is 1. The quantitative estimate of drug-likeness (QED) is 0.634. The summed E-state index contributed by atoms with van der Waals surface area (Å²) in [6.45, 7) is 7.87. The van der Waals surface area contributed by atoms with Gasteiger partial charge in [-0.1, -0.05) is 6.92 Å². The molecule has 0 saturated carbocycles. The summed E-state index contributed by atoms with van der Waals surface area (Å²) in [5, 5.41) is 2.83. The van der Waals surface area contributed by atoms with Gasteiger partial charge in [-0.25, -0.2) is 4.79 Å². The molecule has 0 aromatic carbocycles.